The van der Waals surface area contributed by atoms with Crippen LogP contribution in [-0.2, 0) is 14.3 Å². The van der Waals surface area contributed by atoms with Crippen LogP contribution in [0.1, 0.15) is 20.8 Å². The summed E-state index contributed by atoms with van der Waals surface area (Å²) in [6.07, 6.45) is 1.20. The minimum Gasteiger partial charge on any atom is -0.480 e. The Morgan fingerprint density at radius 3 is 2.46 bits per heavy atom. The van der Waals surface area contributed by atoms with Crippen LogP contribution in [0.4, 0.5) is 0 Å². The quantitative estimate of drug-likeness (QED) is 0.516. The van der Waals surface area contributed by atoms with Gasteiger partial charge in [0.2, 0.25) is 6.08 Å². The monoisotopic (exact) mass is 187 g/mol. The first-order valence-corrected chi connectivity index (χ1v) is 3.80. The van der Waals surface area contributed by atoms with Gasteiger partial charge in [0.15, 0.2) is 6.04 Å². The Kier molecular flexibility index (Phi) is 4.31. The third-order valence-electron chi connectivity index (χ3n) is 1.17. The third-order valence-corrected chi connectivity index (χ3v) is 1.17. The molecule has 0 heterocycles. The van der Waals surface area contributed by atoms with Crippen LogP contribution in [0.25, 0.3) is 0 Å². The van der Waals surface area contributed by atoms with E-state index < -0.39 is 17.6 Å². The largest absolute Gasteiger partial charge is 0.480 e. The first-order valence-electron chi connectivity index (χ1n) is 3.80. The molecule has 0 bridgehead atoms. The van der Waals surface area contributed by atoms with E-state index in [0.29, 0.717) is 0 Å². The maximum absolute atomic E-state index is 10.5. The molecule has 1 N–H and O–H groups in total. The number of hydrogen-bond donors (Lipinski definition) is 1. The van der Waals surface area contributed by atoms with Crippen LogP contribution in [0.15, 0.2) is 4.99 Å². The van der Waals surface area contributed by atoms with E-state index in [0.717, 1.165) is 0 Å². The van der Waals surface area contributed by atoms with Gasteiger partial charge in [-0.2, -0.15) is 4.99 Å². The molecule has 0 aromatic heterocycles. The van der Waals surface area contributed by atoms with E-state index in [4.69, 9.17) is 9.84 Å². The van der Waals surface area contributed by atoms with Crippen molar-refractivity contribution in [3.63, 3.8) is 0 Å². The number of ether oxygens (including phenoxy) is 1. The highest BCUT2D eigenvalue weighted by molar-refractivity contribution is 5.74. The molecular weight excluding hydrogens is 174 g/mol. The molecule has 13 heavy (non-hydrogen) atoms. The van der Waals surface area contributed by atoms with Gasteiger partial charge in [-0.3, -0.25) is 0 Å². The Hall–Kier alpha value is -1.19. The van der Waals surface area contributed by atoms with Crippen molar-refractivity contribution in [2.75, 3.05) is 6.61 Å². The second-order valence-corrected chi connectivity index (χ2v) is 3.50. The minimum absolute atomic E-state index is 0.117. The molecule has 0 radical (unpaired) electrons. The Morgan fingerprint density at radius 1 is 1.62 bits per heavy atom. The first-order chi connectivity index (χ1) is 5.87. The molecule has 0 aliphatic carbocycles. The van der Waals surface area contributed by atoms with Gasteiger partial charge in [0.1, 0.15) is 0 Å². The van der Waals surface area contributed by atoms with Gasteiger partial charge in [0.05, 0.1) is 12.2 Å². The highest BCUT2D eigenvalue weighted by Gasteiger charge is 2.20. The average Bonchev–Trinajstić information content (AvgIpc) is 1.95. The summed E-state index contributed by atoms with van der Waals surface area (Å²) in [6.45, 7) is 5.25. The molecule has 0 aliphatic heterocycles. The molecule has 0 aliphatic rings. The number of isocyanates is 1. The van der Waals surface area contributed by atoms with E-state index in [1.165, 1.54) is 6.08 Å². The molecule has 5 nitrogen and oxygen atoms in total. The normalized spacial score (nSPS) is 13.2. The number of aliphatic imine (C=N–C) groups is 1. The lowest BCUT2D eigenvalue weighted by atomic mass is 10.2. The fraction of sp³-hybridized carbons (Fsp3) is 0.750. The smallest absolute Gasteiger partial charge is 0.331 e. The first kappa shape index (κ1) is 11.8. The lowest BCUT2D eigenvalue weighted by Gasteiger charge is -2.20. The van der Waals surface area contributed by atoms with E-state index in [2.05, 4.69) is 4.99 Å². The maximum Gasteiger partial charge on any atom is 0.331 e. The number of rotatable bonds is 4. The second-order valence-electron chi connectivity index (χ2n) is 3.50. The third kappa shape index (κ3) is 6.02. The van der Waals surface area contributed by atoms with Gasteiger partial charge in [-0.15, -0.1) is 0 Å². The van der Waals surface area contributed by atoms with Gasteiger partial charge in [-0.1, -0.05) is 0 Å². The van der Waals surface area contributed by atoms with Crippen LogP contribution in [-0.4, -0.2) is 35.4 Å². The van der Waals surface area contributed by atoms with Gasteiger partial charge in [-0.25, -0.2) is 9.59 Å². The number of carbonyl (C=O) groups is 1. The number of carboxylic acids is 1. The van der Waals surface area contributed by atoms with Crippen LogP contribution in [0, 0.1) is 0 Å². The van der Waals surface area contributed by atoms with Crippen molar-refractivity contribution in [3.8, 4) is 0 Å². The fourth-order valence-electron chi connectivity index (χ4n) is 0.556. The maximum atomic E-state index is 10.5. The van der Waals surface area contributed by atoms with E-state index >= 15 is 0 Å². The van der Waals surface area contributed by atoms with Gasteiger partial charge in [-0.05, 0) is 20.8 Å². The van der Waals surface area contributed by atoms with Crippen molar-refractivity contribution in [2.45, 2.75) is 32.4 Å². The summed E-state index contributed by atoms with van der Waals surface area (Å²) >= 11 is 0. The molecule has 0 saturated heterocycles. The van der Waals surface area contributed by atoms with Crippen molar-refractivity contribution in [1.29, 1.82) is 0 Å². The lowest BCUT2D eigenvalue weighted by Crippen LogP contribution is -2.30. The summed E-state index contributed by atoms with van der Waals surface area (Å²) in [5.41, 5.74) is -0.438. The molecule has 1 atom stereocenters. The molecule has 5 heteroatoms. The topological polar surface area (TPSA) is 76.0 Å². The van der Waals surface area contributed by atoms with Crippen LogP contribution >= 0.6 is 0 Å². The van der Waals surface area contributed by atoms with E-state index in [-0.39, 0.29) is 6.61 Å². The molecule has 0 fully saturated rings. The summed E-state index contributed by atoms with van der Waals surface area (Å²) < 4.78 is 5.15. The Balaban J connectivity index is 4.13. The molecule has 0 saturated carbocycles. The predicted octanol–water partition coefficient (Wildman–Crippen LogP) is 0.591. The number of carbonyl (C=O) groups excluding carboxylic acids is 1. The zero-order valence-corrected chi connectivity index (χ0v) is 7.90. The van der Waals surface area contributed by atoms with E-state index in [9.17, 15) is 9.59 Å². The summed E-state index contributed by atoms with van der Waals surface area (Å²) in [5.74, 6) is -1.19. The molecule has 0 spiro atoms. The number of nitrogens with zero attached hydrogens (tertiary/aromatic N) is 1. The van der Waals surface area contributed by atoms with Crippen LogP contribution < -0.4 is 0 Å². The van der Waals surface area contributed by atoms with Gasteiger partial charge in [0, 0.05) is 0 Å². The SMILES string of the molecule is CC(C)(C)OC[C@H](N=C=O)C(=O)O. The van der Waals surface area contributed by atoms with E-state index in [1.807, 2.05) is 0 Å². The predicted molar refractivity (Wildman–Crippen MR) is 45.3 cm³/mol. The standard InChI is InChI=1S/C8H13NO4/c1-8(2,3)13-4-6(7(11)12)9-5-10/h6H,4H2,1-3H3,(H,11,12)/t6-/m0/s1. The molecule has 0 aromatic carbocycles. The Labute approximate surface area is 76.4 Å². The highest BCUT2D eigenvalue weighted by Crippen LogP contribution is 2.08. The lowest BCUT2D eigenvalue weighted by molar-refractivity contribution is -0.141. The van der Waals surface area contributed by atoms with Gasteiger partial charge < -0.3 is 9.84 Å². The van der Waals surface area contributed by atoms with Crippen molar-refractivity contribution in [1.82, 2.24) is 0 Å². The zero-order chi connectivity index (χ0) is 10.5. The summed E-state index contributed by atoms with van der Waals surface area (Å²) in [5, 5.41) is 8.55. The highest BCUT2D eigenvalue weighted by atomic mass is 16.5. The van der Waals surface area contributed by atoms with Crippen LogP contribution in [0.3, 0.4) is 0 Å². The number of carboxylic acid groups (broad SMARTS) is 1. The molecule has 0 rings (SSSR count). The molecular formula is C8H13NO4. The second kappa shape index (κ2) is 4.74. The molecule has 0 aromatic rings. The summed E-state index contributed by atoms with van der Waals surface area (Å²) in [6, 6.07) is -1.16. The average molecular weight is 187 g/mol. The van der Waals surface area contributed by atoms with E-state index in [1.54, 1.807) is 20.8 Å². The zero-order valence-electron chi connectivity index (χ0n) is 7.90. The number of hydrogen-bond acceptors (Lipinski definition) is 4. The molecule has 0 unspecified atom stereocenters. The van der Waals surface area contributed by atoms with Crippen molar-refractivity contribution < 1.29 is 19.4 Å². The Morgan fingerprint density at radius 2 is 2.15 bits per heavy atom. The van der Waals surface area contributed by atoms with Gasteiger partial charge in [0.25, 0.3) is 0 Å². The Bertz CT molecular complexity index is 223. The minimum atomic E-state index is -1.19. The molecule has 0 amide bonds. The van der Waals surface area contributed by atoms with Crippen LogP contribution in [0.5, 0.6) is 0 Å². The van der Waals surface area contributed by atoms with Crippen LogP contribution in [0.2, 0.25) is 0 Å². The fourth-order valence-corrected chi connectivity index (χ4v) is 0.556. The van der Waals surface area contributed by atoms with Crippen molar-refractivity contribution in [2.24, 2.45) is 4.99 Å². The van der Waals surface area contributed by atoms with Crippen molar-refractivity contribution >= 4 is 12.0 Å². The van der Waals surface area contributed by atoms with Gasteiger partial charge >= 0.3 is 5.97 Å². The number of aliphatic carboxylic acids is 1. The molecule has 74 valence electrons. The summed E-state index contributed by atoms with van der Waals surface area (Å²) in [7, 11) is 0. The summed E-state index contributed by atoms with van der Waals surface area (Å²) in [4.78, 5) is 23.4. The van der Waals surface area contributed by atoms with Crippen molar-refractivity contribution in [3.05, 3.63) is 0 Å².